The number of hydrogen-bond acceptors (Lipinski definition) is 5. The topological polar surface area (TPSA) is 92.5 Å². The van der Waals surface area contributed by atoms with Gasteiger partial charge in [0.15, 0.2) is 0 Å². The molecule has 1 heterocycles. The van der Waals surface area contributed by atoms with Gasteiger partial charge in [0.1, 0.15) is 11.1 Å². The Morgan fingerprint density at radius 1 is 1.03 bits per heavy atom. The molecule has 7 nitrogen and oxygen atoms in total. The van der Waals surface area contributed by atoms with Crippen molar-refractivity contribution in [2.24, 2.45) is 0 Å². The summed E-state index contributed by atoms with van der Waals surface area (Å²) in [6, 6.07) is 19.7. The zero-order valence-electron chi connectivity index (χ0n) is 15.0. The average molecular weight is 430 g/mol. The molecule has 0 aromatic heterocycles. The van der Waals surface area contributed by atoms with E-state index in [9.17, 15) is 18.5 Å². The van der Waals surface area contributed by atoms with E-state index in [0.717, 1.165) is 5.56 Å². The number of nitrogens with zero attached hydrogens (tertiary/aromatic N) is 2. The number of anilines is 1. The largest absolute Gasteiger partial charge is 0.364 e. The maximum absolute atomic E-state index is 13.4. The van der Waals surface area contributed by atoms with E-state index in [-0.39, 0.29) is 22.2 Å². The number of nitrogens with one attached hydrogen (secondary N) is 1. The van der Waals surface area contributed by atoms with E-state index in [4.69, 9.17) is 11.6 Å². The van der Waals surface area contributed by atoms with Crippen LogP contribution in [0.15, 0.2) is 77.7 Å². The van der Waals surface area contributed by atoms with Gasteiger partial charge in [-0.25, -0.2) is 8.42 Å². The van der Waals surface area contributed by atoms with Crippen molar-refractivity contribution in [1.82, 2.24) is 4.31 Å². The fraction of sp³-hybridized carbons (Fsp3) is 0.100. The van der Waals surface area contributed by atoms with Crippen molar-refractivity contribution < 1.29 is 13.3 Å². The lowest BCUT2D eigenvalue weighted by molar-refractivity contribution is -0.384. The van der Waals surface area contributed by atoms with Gasteiger partial charge in [-0.1, -0.05) is 54.1 Å². The minimum atomic E-state index is -3.89. The number of nitro groups is 1. The maximum Gasteiger partial charge on any atom is 0.269 e. The molecule has 0 spiro atoms. The molecular formula is C20H16ClN3O4S. The molecule has 9 heteroatoms. The normalized spacial score (nSPS) is 17.9. The van der Waals surface area contributed by atoms with E-state index in [0.29, 0.717) is 11.3 Å². The molecule has 0 fully saturated rings. The van der Waals surface area contributed by atoms with Crippen LogP contribution in [0.25, 0.3) is 0 Å². The van der Waals surface area contributed by atoms with E-state index < -0.39 is 21.1 Å². The number of nitro benzene ring substituents is 1. The van der Waals surface area contributed by atoms with Gasteiger partial charge in [0.25, 0.3) is 5.69 Å². The van der Waals surface area contributed by atoms with Gasteiger partial charge >= 0.3 is 0 Å². The van der Waals surface area contributed by atoms with Crippen LogP contribution >= 0.6 is 11.6 Å². The molecule has 0 radical (unpaired) electrons. The molecule has 4 rings (SSSR count). The first-order valence-electron chi connectivity index (χ1n) is 8.73. The summed E-state index contributed by atoms with van der Waals surface area (Å²) in [4.78, 5) is 10.9. The van der Waals surface area contributed by atoms with E-state index >= 15 is 0 Å². The summed E-state index contributed by atoms with van der Waals surface area (Å²) in [6.45, 7) is 0.0776. The number of sulfonamides is 1. The van der Waals surface area contributed by atoms with Crippen LogP contribution in [-0.4, -0.2) is 17.6 Å². The molecule has 29 heavy (non-hydrogen) atoms. The predicted molar refractivity (Wildman–Crippen MR) is 110 cm³/mol. The molecular weight excluding hydrogens is 414 g/mol. The Bertz CT molecular complexity index is 1190. The zero-order valence-corrected chi connectivity index (χ0v) is 16.6. The highest BCUT2D eigenvalue weighted by Crippen LogP contribution is 2.41. The smallest absolute Gasteiger partial charge is 0.269 e. The second-order valence-electron chi connectivity index (χ2n) is 6.54. The number of fused-ring (bicyclic) bond motifs is 1. The van der Waals surface area contributed by atoms with Crippen LogP contribution in [0.1, 0.15) is 17.3 Å². The highest BCUT2D eigenvalue weighted by molar-refractivity contribution is 7.89. The Morgan fingerprint density at radius 3 is 2.45 bits per heavy atom. The van der Waals surface area contributed by atoms with Crippen LogP contribution < -0.4 is 5.32 Å². The quantitative estimate of drug-likeness (QED) is 0.484. The predicted octanol–water partition coefficient (Wildman–Crippen LogP) is 4.56. The van der Waals surface area contributed by atoms with Crippen LogP contribution in [0.3, 0.4) is 0 Å². The van der Waals surface area contributed by atoms with E-state index in [1.165, 1.54) is 28.6 Å². The highest BCUT2D eigenvalue weighted by atomic mass is 35.5. The Balaban J connectivity index is 1.89. The van der Waals surface area contributed by atoms with Gasteiger partial charge in [0.05, 0.1) is 10.6 Å². The van der Waals surface area contributed by atoms with Gasteiger partial charge < -0.3 is 5.32 Å². The molecule has 3 aromatic rings. The van der Waals surface area contributed by atoms with Crippen LogP contribution in [-0.2, 0) is 16.6 Å². The third-order valence-electron chi connectivity index (χ3n) is 4.72. The van der Waals surface area contributed by atoms with Gasteiger partial charge in [-0.2, -0.15) is 4.31 Å². The monoisotopic (exact) mass is 429 g/mol. The number of non-ortho nitro benzene ring substituents is 1. The molecule has 148 valence electrons. The Kier molecular flexibility index (Phi) is 4.99. The van der Waals surface area contributed by atoms with E-state index in [1.54, 1.807) is 18.2 Å². The van der Waals surface area contributed by atoms with Crippen molar-refractivity contribution in [3.05, 3.63) is 99.1 Å². The lowest BCUT2D eigenvalue weighted by Crippen LogP contribution is -2.42. The third kappa shape index (κ3) is 3.57. The zero-order chi connectivity index (χ0) is 20.6. The second kappa shape index (κ2) is 7.47. The molecule has 0 bridgehead atoms. The lowest BCUT2D eigenvalue weighted by atomic mass is 10.1. The minimum absolute atomic E-state index is 0.0776. The van der Waals surface area contributed by atoms with Gasteiger partial charge in [0.2, 0.25) is 10.0 Å². The van der Waals surface area contributed by atoms with E-state index in [2.05, 4.69) is 5.32 Å². The van der Waals surface area contributed by atoms with Crippen molar-refractivity contribution >= 4 is 33.0 Å². The summed E-state index contributed by atoms with van der Waals surface area (Å²) in [5, 5.41) is 14.7. The fourth-order valence-corrected chi connectivity index (χ4v) is 5.21. The summed E-state index contributed by atoms with van der Waals surface area (Å²) < 4.78 is 28.1. The average Bonchev–Trinajstić information content (AvgIpc) is 2.71. The molecule has 1 atom stereocenters. The van der Waals surface area contributed by atoms with Crippen molar-refractivity contribution in [2.75, 3.05) is 5.32 Å². The summed E-state index contributed by atoms with van der Waals surface area (Å²) >= 11 is 6.34. The second-order valence-corrected chi connectivity index (χ2v) is 8.81. The summed E-state index contributed by atoms with van der Waals surface area (Å²) in [7, 11) is -3.89. The first-order valence-corrected chi connectivity index (χ1v) is 10.5. The van der Waals surface area contributed by atoms with E-state index in [1.807, 2.05) is 30.3 Å². The van der Waals surface area contributed by atoms with Crippen molar-refractivity contribution in [3.8, 4) is 0 Å². The van der Waals surface area contributed by atoms with Crippen molar-refractivity contribution in [2.45, 2.75) is 17.6 Å². The van der Waals surface area contributed by atoms with Gasteiger partial charge in [-0.05, 0) is 23.8 Å². The van der Waals surface area contributed by atoms with Gasteiger partial charge in [-0.3, -0.25) is 10.1 Å². The SMILES string of the molecule is O=[N+]([O-])c1ccc(Cl)c([C@H]2Nc3ccccc3S(=O)(=O)N2Cc2ccccc2)c1. The number of hydrogen-bond donors (Lipinski definition) is 1. The van der Waals surface area contributed by atoms with Gasteiger partial charge in [0, 0.05) is 29.3 Å². The van der Waals surface area contributed by atoms with Crippen LogP contribution in [0.5, 0.6) is 0 Å². The highest BCUT2D eigenvalue weighted by Gasteiger charge is 2.40. The van der Waals surface area contributed by atoms with Crippen molar-refractivity contribution in [1.29, 1.82) is 0 Å². The molecule has 3 aromatic carbocycles. The van der Waals surface area contributed by atoms with Crippen LogP contribution in [0.4, 0.5) is 11.4 Å². The molecule has 0 saturated heterocycles. The maximum atomic E-state index is 13.4. The molecule has 1 aliphatic heterocycles. The molecule has 1 N–H and O–H groups in total. The molecule has 0 aliphatic carbocycles. The summed E-state index contributed by atoms with van der Waals surface area (Å²) in [5.41, 5.74) is 1.35. The Labute approximate surface area is 172 Å². The molecule has 1 aliphatic rings. The fourth-order valence-electron chi connectivity index (χ4n) is 3.32. The molecule has 0 amide bonds. The summed E-state index contributed by atoms with van der Waals surface area (Å²) in [5.74, 6) is 0. The first-order chi connectivity index (χ1) is 13.9. The standard InChI is InChI=1S/C20H16ClN3O4S/c21-17-11-10-15(24(25)26)12-16(17)20-22-18-8-4-5-9-19(18)29(27,28)23(20)13-14-6-2-1-3-7-14/h1-12,20,22H,13H2/t20-/m0/s1. The summed E-state index contributed by atoms with van der Waals surface area (Å²) in [6.07, 6.45) is -0.900. The Hall–Kier alpha value is -2.94. The Morgan fingerprint density at radius 2 is 1.72 bits per heavy atom. The minimum Gasteiger partial charge on any atom is -0.364 e. The molecule has 0 unspecified atom stereocenters. The number of para-hydroxylation sites is 1. The van der Waals surface area contributed by atoms with Crippen LogP contribution in [0.2, 0.25) is 5.02 Å². The third-order valence-corrected chi connectivity index (χ3v) is 6.93. The van der Waals surface area contributed by atoms with Crippen LogP contribution in [0, 0.1) is 10.1 Å². The van der Waals surface area contributed by atoms with Gasteiger partial charge in [-0.15, -0.1) is 0 Å². The van der Waals surface area contributed by atoms with Crippen molar-refractivity contribution in [3.63, 3.8) is 0 Å². The number of rotatable bonds is 4. The first kappa shape index (κ1) is 19.4. The molecule has 0 saturated carbocycles. The number of benzene rings is 3. The lowest BCUT2D eigenvalue weighted by Gasteiger charge is -2.37. The number of halogens is 1.